The molecule has 0 aliphatic carbocycles. The number of hydrogen-bond acceptors (Lipinski definition) is 4. The smallest absolute Gasteiger partial charge is 0.263 e. The van der Waals surface area contributed by atoms with Crippen molar-refractivity contribution in [3.63, 3.8) is 0 Å². The first-order valence-electron chi connectivity index (χ1n) is 8.07. The predicted octanol–water partition coefficient (Wildman–Crippen LogP) is 2.16. The van der Waals surface area contributed by atoms with Gasteiger partial charge >= 0.3 is 0 Å². The second-order valence-corrected chi connectivity index (χ2v) is 8.89. The van der Waals surface area contributed by atoms with Gasteiger partial charge in [0.05, 0.1) is 10.6 Å². The van der Waals surface area contributed by atoms with E-state index in [1.54, 1.807) is 23.9 Å². The first-order chi connectivity index (χ1) is 11.2. The minimum absolute atomic E-state index is 0.0114. The van der Waals surface area contributed by atoms with Crippen LogP contribution >= 0.6 is 0 Å². The zero-order chi connectivity index (χ0) is 17.5. The molecule has 2 N–H and O–H groups in total. The molecule has 1 aliphatic rings. The zero-order valence-corrected chi connectivity index (χ0v) is 15.4. The lowest BCUT2D eigenvalue weighted by Crippen LogP contribution is -2.24. The van der Waals surface area contributed by atoms with Gasteiger partial charge < -0.3 is 5.32 Å². The highest BCUT2D eigenvalue weighted by molar-refractivity contribution is 7.92. The number of anilines is 1. The standard InChI is InChI=1S/C17H24N4O2S/c1-17(2,3)12-5-7-13(8-6-12)24(22,23)20-16-14-11-18-10-9-15(14)19-21(16)4/h5-8,18,20H,9-11H2,1-4H3. The number of benzene rings is 1. The molecule has 0 saturated carbocycles. The van der Waals surface area contributed by atoms with E-state index in [-0.39, 0.29) is 10.3 Å². The Kier molecular flexibility index (Phi) is 4.17. The fraction of sp³-hybridized carbons (Fsp3) is 0.471. The Hall–Kier alpha value is -1.86. The summed E-state index contributed by atoms with van der Waals surface area (Å²) < 4.78 is 29.8. The van der Waals surface area contributed by atoms with Crippen LogP contribution in [0.2, 0.25) is 0 Å². The third-order valence-electron chi connectivity index (χ3n) is 4.33. The summed E-state index contributed by atoms with van der Waals surface area (Å²) >= 11 is 0. The maximum atomic E-state index is 12.7. The van der Waals surface area contributed by atoms with Gasteiger partial charge in [-0.2, -0.15) is 5.10 Å². The van der Waals surface area contributed by atoms with E-state index in [0.29, 0.717) is 12.4 Å². The quantitative estimate of drug-likeness (QED) is 0.891. The lowest BCUT2D eigenvalue weighted by atomic mass is 9.87. The van der Waals surface area contributed by atoms with Crippen molar-refractivity contribution in [2.45, 2.75) is 44.0 Å². The molecule has 0 amide bonds. The van der Waals surface area contributed by atoms with Gasteiger partial charge in [-0.3, -0.25) is 9.40 Å². The van der Waals surface area contributed by atoms with Crippen LogP contribution in [0.3, 0.4) is 0 Å². The molecule has 0 saturated heterocycles. The third kappa shape index (κ3) is 3.18. The Morgan fingerprint density at radius 2 is 1.88 bits per heavy atom. The van der Waals surface area contributed by atoms with Crippen LogP contribution in [0.1, 0.15) is 37.6 Å². The highest BCUT2D eigenvalue weighted by Crippen LogP contribution is 2.27. The normalized spacial score (nSPS) is 15.2. The lowest BCUT2D eigenvalue weighted by Gasteiger charge is -2.19. The molecule has 0 atom stereocenters. The summed E-state index contributed by atoms with van der Waals surface area (Å²) in [6.07, 6.45) is 0.811. The summed E-state index contributed by atoms with van der Waals surface area (Å²) in [6.45, 7) is 7.80. The molecule has 6 nitrogen and oxygen atoms in total. The van der Waals surface area contributed by atoms with Gasteiger partial charge in [-0.05, 0) is 23.1 Å². The van der Waals surface area contributed by atoms with E-state index in [0.717, 1.165) is 29.8 Å². The average molecular weight is 348 g/mol. The van der Waals surface area contributed by atoms with Crippen LogP contribution in [-0.2, 0) is 35.5 Å². The van der Waals surface area contributed by atoms with Gasteiger partial charge in [0, 0.05) is 32.1 Å². The van der Waals surface area contributed by atoms with Crippen LogP contribution in [0.15, 0.2) is 29.2 Å². The monoisotopic (exact) mass is 348 g/mol. The first kappa shape index (κ1) is 17.0. The summed E-state index contributed by atoms with van der Waals surface area (Å²) in [5, 5.41) is 7.68. The summed E-state index contributed by atoms with van der Waals surface area (Å²) in [5.74, 6) is 0.539. The largest absolute Gasteiger partial charge is 0.312 e. The number of aromatic nitrogens is 2. The molecule has 7 heteroatoms. The molecule has 0 spiro atoms. The van der Waals surface area contributed by atoms with Crippen molar-refractivity contribution < 1.29 is 8.42 Å². The van der Waals surface area contributed by atoms with E-state index in [1.165, 1.54) is 0 Å². The Labute approximate surface area is 143 Å². The van der Waals surface area contributed by atoms with Crippen molar-refractivity contribution >= 4 is 15.8 Å². The Bertz CT molecular complexity index is 846. The summed E-state index contributed by atoms with van der Waals surface area (Å²) in [4.78, 5) is 0.259. The van der Waals surface area contributed by atoms with Gasteiger partial charge in [0.15, 0.2) is 0 Å². The average Bonchev–Trinajstić information content (AvgIpc) is 2.82. The Balaban J connectivity index is 1.91. The SMILES string of the molecule is Cn1nc2c(c1NS(=O)(=O)c1ccc(C(C)(C)C)cc1)CNCC2. The molecule has 2 aromatic rings. The second kappa shape index (κ2) is 5.89. The first-order valence-corrected chi connectivity index (χ1v) is 9.55. The molecule has 3 rings (SSSR count). The highest BCUT2D eigenvalue weighted by Gasteiger charge is 2.24. The topological polar surface area (TPSA) is 76.0 Å². The summed E-state index contributed by atoms with van der Waals surface area (Å²) in [7, 11) is -1.88. The number of nitrogens with zero attached hydrogens (tertiary/aromatic N) is 2. The lowest BCUT2D eigenvalue weighted by molar-refractivity contribution is 0.587. The minimum Gasteiger partial charge on any atom is -0.312 e. The predicted molar refractivity (Wildman–Crippen MR) is 94.6 cm³/mol. The molecular weight excluding hydrogens is 324 g/mol. The molecule has 130 valence electrons. The van der Waals surface area contributed by atoms with Crippen LogP contribution in [0.4, 0.5) is 5.82 Å². The third-order valence-corrected chi connectivity index (χ3v) is 5.69. The van der Waals surface area contributed by atoms with Crippen LogP contribution in [-0.4, -0.2) is 24.7 Å². The van der Waals surface area contributed by atoms with Crippen molar-refractivity contribution in [1.29, 1.82) is 0 Å². The fourth-order valence-electron chi connectivity index (χ4n) is 2.88. The number of rotatable bonds is 3. The van der Waals surface area contributed by atoms with Crippen molar-refractivity contribution in [3.05, 3.63) is 41.1 Å². The van der Waals surface area contributed by atoms with E-state index >= 15 is 0 Å². The van der Waals surface area contributed by atoms with Crippen LogP contribution in [0, 0.1) is 0 Å². The minimum atomic E-state index is -3.64. The number of sulfonamides is 1. The molecule has 1 aliphatic heterocycles. The zero-order valence-electron chi connectivity index (χ0n) is 14.5. The van der Waals surface area contributed by atoms with E-state index in [9.17, 15) is 8.42 Å². The molecular formula is C17H24N4O2S. The molecule has 1 aromatic heterocycles. The number of nitrogens with one attached hydrogen (secondary N) is 2. The van der Waals surface area contributed by atoms with Gasteiger partial charge in [0.25, 0.3) is 10.0 Å². The van der Waals surface area contributed by atoms with Crippen molar-refractivity contribution in [1.82, 2.24) is 15.1 Å². The summed E-state index contributed by atoms with van der Waals surface area (Å²) in [5.41, 5.74) is 2.97. The number of fused-ring (bicyclic) bond motifs is 1. The Morgan fingerprint density at radius 3 is 2.50 bits per heavy atom. The number of aryl methyl sites for hydroxylation is 1. The van der Waals surface area contributed by atoms with Gasteiger partial charge in [-0.15, -0.1) is 0 Å². The van der Waals surface area contributed by atoms with Crippen molar-refractivity contribution in [2.24, 2.45) is 7.05 Å². The number of hydrogen-bond donors (Lipinski definition) is 2. The Morgan fingerprint density at radius 1 is 1.21 bits per heavy atom. The maximum absolute atomic E-state index is 12.7. The van der Waals surface area contributed by atoms with Crippen LogP contribution in [0.25, 0.3) is 0 Å². The van der Waals surface area contributed by atoms with Crippen LogP contribution in [0.5, 0.6) is 0 Å². The molecule has 0 unspecified atom stereocenters. The molecule has 0 fully saturated rings. The fourth-order valence-corrected chi connectivity index (χ4v) is 4.00. The van der Waals surface area contributed by atoms with Gasteiger partial charge in [-0.1, -0.05) is 32.9 Å². The molecule has 1 aromatic carbocycles. The van der Waals surface area contributed by atoms with E-state index < -0.39 is 10.0 Å². The van der Waals surface area contributed by atoms with Crippen molar-refractivity contribution in [2.75, 3.05) is 11.3 Å². The van der Waals surface area contributed by atoms with Crippen molar-refractivity contribution in [3.8, 4) is 0 Å². The van der Waals surface area contributed by atoms with Gasteiger partial charge in [0.2, 0.25) is 0 Å². The molecule has 2 heterocycles. The molecule has 24 heavy (non-hydrogen) atoms. The summed E-state index contributed by atoms with van der Waals surface area (Å²) in [6, 6.07) is 7.05. The van der Waals surface area contributed by atoms with E-state index in [4.69, 9.17) is 0 Å². The molecule has 0 bridgehead atoms. The molecule has 0 radical (unpaired) electrons. The second-order valence-electron chi connectivity index (χ2n) is 7.20. The van der Waals surface area contributed by atoms with E-state index in [1.807, 2.05) is 12.1 Å². The van der Waals surface area contributed by atoms with Gasteiger partial charge in [-0.25, -0.2) is 8.42 Å². The maximum Gasteiger partial charge on any atom is 0.263 e. The highest BCUT2D eigenvalue weighted by atomic mass is 32.2. The van der Waals surface area contributed by atoms with Crippen LogP contribution < -0.4 is 10.0 Å². The van der Waals surface area contributed by atoms with Gasteiger partial charge in [0.1, 0.15) is 5.82 Å². The van der Waals surface area contributed by atoms with E-state index in [2.05, 4.69) is 35.9 Å².